The highest BCUT2D eigenvalue weighted by Crippen LogP contribution is 2.35. The van der Waals surface area contributed by atoms with Gasteiger partial charge >= 0.3 is 0 Å². The first-order valence-electron chi connectivity index (χ1n) is 9.83. The second-order valence-electron chi connectivity index (χ2n) is 7.31. The molecule has 1 atom stereocenters. The summed E-state index contributed by atoms with van der Waals surface area (Å²) in [7, 11) is 0. The minimum atomic E-state index is -0.492. The van der Waals surface area contributed by atoms with Crippen LogP contribution in [-0.2, 0) is 9.59 Å². The molecule has 162 valence electrons. The summed E-state index contributed by atoms with van der Waals surface area (Å²) in [5.74, 6) is -0.487. The maximum Gasteiger partial charge on any atom is 0.270 e. The van der Waals surface area contributed by atoms with Gasteiger partial charge in [0.05, 0.1) is 4.92 Å². The number of rotatable bonds is 6. The summed E-state index contributed by atoms with van der Waals surface area (Å²) < 4.78 is 0. The molecular weight excluding hydrogens is 430 g/mol. The Morgan fingerprint density at radius 3 is 2.84 bits per heavy atom. The summed E-state index contributed by atoms with van der Waals surface area (Å²) in [4.78, 5) is 36.9. The van der Waals surface area contributed by atoms with Crippen molar-refractivity contribution in [2.75, 3.05) is 16.8 Å². The molecule has 0 radical (unpaired) electrons. The molecule has 2 aromatic carbocycles. The largest absolute Gasteiger partial charge is 0.311 e. The number of amides is 2. The van der Waals surface area contributed by atoms with E-state index in [9.17, 15) is 19.7 Å². The van der Waals surface area contributed by atoms with Gasteiger partial charge in [-0.25, -0.2) is 0 Å². The van der Waals surface area contributed by atoms with E-state index in [0.29, 0.717) is 28.7 Å². The standard InChI is InChI=1S/C22H19N5O4S/c1-14-5-2-3-8-18(14)26-13-16(12-20(26)29)21-24-25-22(32-21)23-19(28)10-9-15-6-4-7-17(11-15)27(30)31/h2-11,16H,12-13H2,1H3,(H,23,25,28)/b10-9+/t16-/m1/s1. The van der Waals surface area contributed by atoms with Gasteiger partial charge in [0.25, 0.3) is 5.69 Å². The number of carbonyl (C=O) groups is 2. The van der Waals surface area contributed by atoms with Crippen LogP contribution in [0.4, 0.5) is 16.5 Å². The summed E-state index contributed by atoms with van der Waals surface area (Å²) in [6, 6.07) is 13.7. The van der Waals surface area contributed by atoms with Crippen LogP contribution in [0, 0.1) is 17.0 Å². The van der Waals surface area contributed by atoms with Gasteiger partial charge in [-0.05, 0) is 30.2 Å². The molecule has 1 saturated heterocycles. The highest BCUT2D eigenvalue weighted by atomic mass is 32.1. The van der Waals surface area contributed by atoms with Crippen molar-refractivity contribution in [3.05, 3.63) is 80.9 Å². The predicted molar refractivity (Wildman–Crippen MR) is 122 cm³/mol. The van der Waals surface area contributed by atoms with Gasteiger partial charge < -0.3 is 4.90 Å². The first-order chi connectivity index (χ1) is 15.4. The number of nitro groups is 1. The fourth-order valence-electron chi connectivity index (χ4n) is 3.48. The van der Waals surface area contributed by atoms with Crippen LogP contribution in [0.1, 0.15) is 28.5 Å². The number of aromatic nitrogens is 2. The molecule has 9 nitrogen and oxygen atoms in total. The highest BCUT2D eigenvalue weighted by molar-refractivity contribution is 7.15. The summed E-state index contributed by atoms with van der Waals surface area (Å²) in [6.07, 6.45) is 3.10. The Balaban J connectivity index is 1.39. The molecule has 0 spiro atoms. The van der Waals surface area contributed by atoms with E-state index in [1.54, 1.807) is 17.0 Å². The van der Waals surface area contributed by atoms with E-state index in [1.165, 1.54) is 35.6 Å². The van der Waals surface area contributed by atoms with Crippen molar-refractivity contribution >= 4 is 45.7 Å². The van der Waals surface area contributed by atoms with Crippen LogP contribution in [0.5, 0.6) is 0 Å². The maximum absolute atomic E-state index is 12.5. The Morgan fingerprint density at radius 2 is 2.06 bits per heavy atom. The number of hydrogen-bond donors (Lipinski definition) is 1. The first kappa shape index (κ1) is 21.3. The van der Waals surface area contributed by atoms with Gasteiger partial charge in [-0.1, -0.05) is 41.7 Å². The van der Waals surface area contributed by atoms with Gasteiger partial charge in [0.15, 0.2) is 0 Å². The number of hydrogen-bond acceptors (Lipinski definition) is 7. The molecule has 2 heterocycles. The molecule has 0 unspecified atom stereocenters. The molecule has 1 aliphatic heterocycles. The third-order valence-corrected chi connectivity index (χ3v) is 6.06. The Kier molecular flexibility index (Phi) is 6.04. The maximum atomic E-state index is 12.5. The van der Waals surface area contributed by atoms with Crippen LogP contribution in [-0.4, -0.2) is 33.5 Å². The smallest absolute Gasteiger partial charge is 0.270 e. The minimum Gasteiger partial charge on any atom is -0.311 e. The van der Waals surface area contributed by atoms with Crippen molar-refractivity contribution in [2.45, 2.75) is 19.3 Å². The zero-order valence-electron chi connectivity index (χ0n) is 17.1. The topological polar surface area (TPSA) is 118 Å². The molecule has 4 rings (SSSR count). The summed E-state index contributed by atoms with van der Waals surface area (Å²) in [6.45, 7) is 2.48. The van der Waals surface area contributed by atoms with Gasteiger partial charge in [0.1, 0.15) is 5.01 Å². The van der Waals surface area contributed by atoms with Crippen molar-refractivity contribution in [1.82, 2.24) is 10.2 Å². The number of benzene rings is 2. The lowest BCUT2D eigenvalue weighted by Gasteiger charge is -2.18. The Morgan fingerprint density at radius 1 is 1.25 bits per heavy atom. The highest BCUT2D eigenvalue weighted by Gasteiger charge is 2.34. The van der Waals surface area contributed by atoms with E-state index in [4.69, 9.17) is 0 Å². The molecule has 2 amide bonds. The number of carbonyl (C=O) groups excluding carboxylic acids is 2. The second kappa shape index (κ2) is 9.06. The van der Waals surface area contributed by atoms with Gasteiger partial charge in [-0.2, -0.15) is 0 Å². The monoisotopic (exact) mass is 449 g/mol. The van der Waals surface area contributed by atoms with Crippen LogP contribution in [0.15, 0.2) is 54.6 Å². The van der Waals surface area contributed by atoms with Gasteiger partial charge in [-0.3, -0.25) is 25.0 Å². The van der Waals surface area contributed by atoms with Gasteiger partial charge in [-0.15, -0.1) is 10.2 Å². The van der Waals surface area contributed by atoms with Crippen LogP contribution >= 0.6 is 11.3 Å². The van der Waals surface area contributed by atoms with E-state index in [0.717, 1.165) is 11.3 Å². The third-order valence-electron chi connectivity index (χ3n) is 5.06. The van der Waals surface area contributed by atoms with Crippen LogP contribution in [0.25, 0.3) is 6.08 Å². The van der Waals surface area contributed by atoms with Crippen LogP contribution < -0.4 is 10.2 Å². The normalized spacial score (nSPS) is 16.0. The predicted octanol–water partition coefficient (Wildman–Crippen LogP) is 3.93. The molecule has 1 N–H and O–H groups in total. The SMILES string of the molecule is Cc1ccccc1N1C[C@H](c2nnc(NC(=O)/C=C/c3cccc([N+](=O)[O-])c3)s2)CC1=O. The fourth-order valence-corrected chi connectivity index (χ4v) is 4.32. The minimum absolute atomic E-state index is 0.0324. The number of nitrogens with zero attached hydrogens (tertiary/aromatic N) is 4. The van der Waals surface area contributed by atoms with Crippen LogP contribution in [0.2, 0.25) is 0 Å². The average molecular weight is 449 g/mol. The Bertz CT molecular complexity index is 1220. The van der Waals surface area contributed by atoms with E-state index in [2.05, 4.69) is 15.5 Å². The fraction of sp³-hybridized carbons (Fsp3) is 0.182. The molecule has 32 heavy (non-hydrogen) atoms. The van der Waals surface area contributed by atoms with Crippen molar-refractivity contribution < 1.29 is 14.5 Å². The zero-order valence-corrected chi connectivity index (χ0v) is 17.9. The quantitative estimate of drug-likeness (QED) is 0.346. The van der Waals surface area contributed by atoms with E-state index < -0.39 is 10.8 Å². The number of non-ortho nitro benzene ring substituents is 1. The first-order valence-corrected chi connectivity index (χ1v) is 10.7. The summed E-state index contributed by atoms with van der Waals surface area (Å²) in [5.41, 5.74) is 2.41. The molecule has 1 aromatic heterocycles. The van der Waals surface area contributed by atoms with Crippen molar-refractivity contribution in [2.24, 2.45) is 0 Å². The van der Waals surface area contributed by atoms with E-state index in [-0.39, 0.29) is 17.5 Å². The lowest BCUT2D eigenvalue weighted by molar-refractivity contribution is -0.384. The van der Waals surface area contributed by atoms with Crippen molar-refractivity contribution in [3.63, 3.8) is 0 Å². The lowest BCUT2D eigenvalue weighted by Crippen LogP contribution is -2.25. The molecule has 10 heteroatoms. The van der Waals surface area contributed by atoms with Gasteiger partial charge in [0, 0.05) is 42.8 Å². The molecule has 1 aliphatic rings. The Hall–Kier alpha value is -3.92. The third kappa shape index (κ3) is 4.70. The van der Waals surface area contributed by atoms with Crippen molar-refractivity contribution in [1.29, 1.82) is 0 Å². The number of aryl methyl sites for hydroxylation is 1. The van der Waals surface area contributed by atoms with E-state index in [1.807, 2.05) is 31.2 Å². The zero-order chi connectivity index (χ0) is 22.7. The number of anilines is 2. The molecule has 0 aliphatic carbocycles. The lowest BCUT2D eigenvalue weighted by atomic mass is 10.1. The summed E-state index contributed by atoms with van der Waals surface area (Å²) in [5, 5.41) is 22.7. The number of para-hydroxylation sites is 1. The molecule has 1 fully saturated rings. The molecule has 3 aromatic rings. The van der Waals surface area contributed by atoms with Gasteiger partial charge in [0.2, 0.25) is 16.9 Å². The number of nitro benzene ring substituents is 1. The Labute approximate surface area is 187 Å². The molecular formula is C22H19N5O4S. The van der Waals surface area contributed by atoms with Crippen LogP contribution in [0.3, 0.4) is 0 Å². The number of nitrogens with one attached hydrogen (secondary N) is 1. The van der Waals surface area contributed by atoms with Crippen molar-refractivity contribution in [3.8, 4) is 0 Å². The summed E-state index contributed by atoms with van der Waals surface area (Å²) >= 11 is 1.23. The molecule has 0 bridgehead atoms. The average Bonchev–Trinajstić information content (AvgIpc) is 3.39. The molecule has 0 saturated carbocycles. The van der Waals surface area contributed by atoms with E-state index >= 15 is 0 Å². The second-order valence-corrected chi connectivity index (χ2v) is 8.32.